The fourth-order valence-electron chi connectivity index (χ4n) is 2.97. The van der Waals surface area contributed by atoms with E-state index in [1.807, 2.05) is 43.3 Å². The van der Waals surface area contributed by atoms with E-state index >= 15 is 0 Å². The van der Waals surface area contributed by atoms with Gasteiger partial charge in [0.2, 0.25) is 0 Å². The Balaban J connectivity index is 2.23. The lowest BCUT2D eigenvalue weighted by atomic mass is 9.92. The number of hydrogen-bond donors (Lipinski definition) is 1. The highest BCUT2D eigenvalue weighted by Gasteiger charge is 2.32. The smallest absolute Gasteiger partial charge is 0.261 e. The van der Waals surface area contributed by atoms with Crippen LogP contribution in [0.15, 0.2) is 30.3 Å². The van der Waals surface area contributed by atoms with Gasteiger partial charge in [-0.05, 0) is 31.2 Å². The topological polar surface area (TPSA) is 66.6 Å². The van der Waals surface area contributed by atoms with Gasteiger partial charge in [-0.1, -0.05) is 12.1 Å². The van der Waals surface area contributed by atoms with Crippen LogP contribution in [0.2, 0.25) is 0 Å². The molecule has 0 radical (unpaired) electrons. The van der Waals surface area contributed by atoms with E-state index in [-0.39, 0.29) is 11.8 Å². The molecule has 2 amide bonds. The maximum Gasteiger partial charge on any atom is 0.261 e. The number of rotatable bonds is 4. The molecular formula is C17H19N3O2. The lowest BCUT2D eigenvalue weighted by Crippen LogP contribution is -2.41. The molecule has 0 aliphatic carbocycles. The van der Waals surface area contributed by atoms with Crippen molar-refractivity contribution in [2.24, 2.45) is 5.73 Å². The first-order valence-electron chi connectivity index (χ1n) is 7.35. The molecule has 5 nitrogen and oxygen atoms in total. The van der Waals surface area contributed by atoms with Gasteiger partial charge in [0.25, 0.3) is 11.8 Å². The summed E-state index contributed by atoms with van der Waals surface area (Å²) in [6.07, 6.45) is 0.610. The molecule has 2 aromatic rings. The van der Waals surface area contributed by atoms with Gasteiger partial charge in [0, 0.05) is 48.2 Å². The van der Waals surface area contributed by atoms with Crippen LogP contribution in [0.5, 0.6) is 0 Å². The van der Waals surface area contributed by atoms with Crippen LogP contribution in [0.25, 0.3) is 10.8 Å². The molecule has 114 valence electrons. The van der Waals surface area contributed by atoms with Crippen molar-refractivity contribution in [3.05, 3.63) is 41.5 Å². The van der Waals surface area contributed by atoms with Gasteiger partial charge in [-0.2, -0.15) is 0 Å². The fourth-order valence-corrected chi connectivity index (χ4v) is 2.97. The molecule has 1 aliphatic heterocycles. The van der Waals surface area contributed by atoms with Crippen molar-refractivity contribution in [2.75, 3.05) is 32.1 Å². The average Bonchev–Trinajstić information content (AvgIpc) is 2.51. The van der Waals surface area contributed by atoms with Gasteiger partial charge < -0.3 is 10.6 Å². The summed E-state index contributed by atoms with van der Waals surface area (Å²) in [7, 11) is 3.90. The Bertz CT molecular complexity index is 746. The van der Waals surface area contributed by atoms with Crippen LogP contribution >= 0.6 is 0 Å². The minimum absolute atomic E-state index is 0.229. The maximum atomic E-state index is 12.7. The van der Waals surface area contributed by atoms with Crippen LogP contribution in [0.3, 0.4) is 0 Å². The highest BCUT2D eigenvalue weighted by atomic mass is 16.2. The Kier molecular flexibility index (Phi) is 3.58. The Morgan fingerprint density at radius 2 is 1.73 bits per heavy atom. The average molecular weight is 297 g/mol. The van der Waals surface area contributed by atoms with Crippen LogP contribution < -0.4 is 10.6 Å². The van der Waals surface area contributed by atoms with Crippen LogP contribution in [0.4, 0.5) is 5.69 Å². The molecule has 0 fully saturated rings. The van der Waals surface area contributed by atoms with Crippen LogP contribution in [0.1, 0.15) is 27.1 Å². The SMILES string of the molecule is CN(C)c1ccc2c3c(cccc13)C(=O)N(CCCN)C2=O. The van der Waals surface area contributed by atoms with Crippen LogP contribution in [0, 0.1) is 0 Å². The van der Waals surface area contributed by atoms with E-state index in [0.29, 0.717) is 30.6 Å². The highest BCUT2D eigenvalue weighted by molar-refractivity contribution is 6.26. The van der Waals surface area contributed by atoms with E-state index in [1.165, 1.54) is 4.90 Å². The van der Waals surface area contributed by atoms with Gasteiger partial charge in [0.1, 0.15) is 0 Å². The second kappa shape index (κ2) is 5.42. The molecule has 0 bridgehead atoms. The summed E-state index contributed by atoms with van der Waals surface area (Å²) in [5.41, 5.74) is 7.68. The van der Waals surface area contributed by atoms with Gasteiger partial charge in [0.05, 0.1) is 0 Å². The predicted octanol–water partition coefficient (Wildman–Crippen LogP) is 1.85. The van der Waals surface area contributed by atoms with Gasteiger partial charge in [-0.15, -0.1) is 0 Å². The number of benzene rings is 2. The zero-order valence-corrected chi connectivity index (χ0v) is 12.8. The Labute approximate surface area is 129 Å². The van der Waals surface area contributed by atoms with Crippen molar-refractivity contribution in [3.8, 4) is 0 Å². The molecular weight excluding hydrogens is 278 g/mol. The summed E-state index contributed by atoms with van der Waals surface area (Å²) in [4.78, 5) is 28.6. The number of carbonyl (C=O) groups is 2. The number of amides is 2. The quantitative estimate of drug-likeness (QED) is 0.875. The number of carbonyl (C=O) groups excluding carboxylic acids is 2. The van der Waals surface area contributed by atoms with Gasteiger partial charge in [-0.3, -0.25) is 14.5 Å². The molecule has 1 aliphatic rings. The summed E-state index contributed by atoms with van der Waals surface area (Å²) >= 11 is 0. The summed E-state index contributed by atoms with van der Waals surface area (Å²) in [6, 6.07) is 9.34. The summed E-state index contributed by atoms with van der Waals surface area (Å²) in [5.74, 6) is -0.458. The first-order valence-corrected chi connectivity index (χ1v) is 7.35. The van der Waals surface area contributed by atoms with Gasteiger partial charge in [-0.25, -0.2) is 0 Å². The van der Waals surface area contributed by atoms with Crippen molar-refractivity contribution in [1.29, 1.82) is 0 Å². The predicted molar refractivity (Wildman–Crippen MR) is 87.3 cm³/mol. The number of nitrogens with zero attached hydrogens (tertiary/aromatic N) is 2. The minimum atomic E-state index is -0.229. The van der Waals surface area contributed by atoms with E-state index < -0.39 is 0 Å². The highest BCUT2D eigenvalue weighted by Crippen LogP contribution is 2.35. The Morgan fingerprint density at radius 1 is 1.05 bits per heavy atom. The number of imide groups is 1. The molecule has 1 heterocycles. The zero-order valence-electron chi connectivity index (χ0n) is 12.8. The summed E-state index contributed by atoms with van der Waals surface area (Å²) in [5, 5.41) is 1.69. The van der Waals surface area contributed by atoms with E-state index in [9.17, 15) is 9.59 Å². The monoisotopic (exact) mass is 297 g/mol. The minimum Gasteiger partial charge on any atom is -0.377 e. The number of anilines is 1. The maximum absolute atomic E-state index is 12.7. The lowest BCUT2D eigenvalue weighted by molar-refractivity contribution is 0.0610. The van der Waals surface area contributed by atoms with Gasteiger partial charge in [0.15, 0.2) is 0 Å². The second-order valence-electron chi connectivity index (χ2n) is 5.66. The van der Waals surface area contributed by atoms with Crippen LogP contribution in [-0.4, -0.2) is 43.9 Å². The van der Waals surface area contributed by atoms with Crippen molar-refractivity contribution < 1.29 is 9.59 Å². The van der Waals surface area contributed by atoms with Crippen molar-refractivity contribution in [2.45, 2.75) is 6.42 Å². The Morgan fingerprint density at radius 3 is 2.36 bits per heavy atom. The standard InChI is InChI=1S/C17H19N3O2/c1-19(2)14-8-7-13-15-11(14)5-3-6-12(15)16(21)20(17(13)22)10-4-9-18/h3,5-8H,4,9-10,18H2,1-2H3. The molecule has 3 rings (SSSR count). The summed E-state index contributed by atoms with van der Waals surface area (Å²) in [6.45, 7) is 0.813. The van der Waals surface area contributed by atoms with Crippen molar-refractivity contribution in [1.82, 2.24) is 4.90 Å². The molecule has 2 N–H and O–H groups in total. The van der Waals surface area contributed by atoms with Crippen molar-refractivity contribution >= 4 is 28.3 Å². The zero-order chi connectivity index (χ0) is 15.9. The third-order valence-electron chi connectivity index (χ3n) is 4.04. The second-order valence-corrected chi connectivity index (χ2v) is 5.66. The molecule has 22 heavy (non-hydrogen) atoms. The molecule has 0 saturated heterocycles. The molecule has 0 saturated carbocycles. The Hall–Kier alpha value is -2.40. The molecule has 0 unspecified atom stereocenters. The first-order chi connectivity index (χ1) is 10.6. The van der Waals surface area contributed by atoms with E-state index in [0.717, 1.165) is 16.5 Å². The number of nitrogens with two attached hydrogens (primary N) is 1. The molecule has 0 atom stereocenters. The third-order valence-corrected chi connectivity index (χ3v) is 4.04. The van der Waals surface area contributed by atoms with E-state index in [2.05, 4.69) is 0 Å². The van der Waals surface area contributed by atoms with Gasteiger partial charge >= 0.3 is 0 Å². The third kappa shape index (κ3) is 2.05. The summed E-state index contributed by atoms with van der Waals surface area (Å²) < 4.78 is 0. The van der Waals surface area contributed by atoms with E-state index in [4.69, 9.17) is 5.73 Å². The largest absolute Gasteiger partial charge is 0.377 e. The van der Waals surface area contributed by atoms with E-state index in [1.54, 1.807) is 6.07 Å². The molecule has 0 spiro atoms. The number of hydrogen-bond acceptors (Lipinski definition) is 4. The lowest BCUT2D eigenvalue weighted by Gasteiger charge is -2.28. The first kappa shape index (κ1) is 14.5. The van der Waals surface area contributed by atoms with Crippen LogP contribution in [-0.2, 0) is 0 Å². The molecule has 2 aromatic carbocycles. The molecule has 5 heteroatoms. The van der Waals surface area contributed by atoms with Crippen molar-refractivity contribution in [3.63, 3.8) is 0 Å². The fraction of sp³-hybridized carbons (Fsp3) is 0.294. The normalized spacial score (nSPS) is 13.9. The molecule has 0 aromatic heterocycles.